The maximum atomic E-state index is 6.86. The average molecular weight is 154 g/mol. The van der Waals surface area contributed by atoms with Crippen LogP contribution in [-0.4, -0.2) is 21.0 Å². The summed E-state index contributed by atoms with van der Waals surface area (Å²) in [6, 6.07) is 0. The van der Waals surface area contributed by atoms with Gasteiger partial charge >= 0.3 is 0 Å². The molecule has 0 atom stereocenters. The first-order valence-electron chi connectivity index (χ1n) is 3.11. The Bertz CT molecular complexity index is 251. The Morgan fingerprint density at radius 2 is 2.64 bits per heavy atom. The summed E-state index contributed by atoms with van der Waals surface area (Å²) in [6.07, 6.45) is 1.62. The topological polar surface area (TPSA) is 92.6 Å². The van der Waals surface area contributed by atoms with Crippen molar-refractivity contribution in [2.24, 2.45) is 12.8 Å². The number of nitrogens with one attached hydrogen (secondary N) is 2. The van der Waals surface area contributed by atoms with E-state index in [2.05, 4.69) is 15.5 Å². The van der Waals surface area contributed by atoms with E-state index in [1.165, 1.54) is 4.80 Å². The first kappa shape index (κ1) is 7.52. The molecule has 0 spiro atoms. The quantitative estimate of drug-likeness (QED) is 0.368. The SMILES string of the molecule is Cn1ncc(CNC(=N)N)n1. The van der Waals surface area contributed by atoms with Crippen LogP contribution in [0.4, 0.5) is 0 Å². The van der Waals surface area contributed by atoms with E-state index in [1.54, 1.807) is 13.2 Å². The molecule has 11 heavy (non-hydrogen) atoms. The van der Waals surface area contributed by atoms with Gasteiger partial charge in [-0.2, -0.15) is 15.0 Å². The zero-order valence-corrected chi connectivity index (χ0v) is 6.20. The van der Waals surface area contributed by atoms with Gasteiger partial charge in [0.05, 0.1) is 12.7 Å². The van der Waals surface area contributed by atoms with Gasteiger partial charge in [-0.3, -0.25) is 5.41 Å². The van der Waals surface area contributed by atoms with Gasteiger partial charge in [-0.15, -0.1) is 0 Å². The van der Waals surface area contributed by atoms with Gasteiger partial charge in [-0.25, -0.2) is 0 Å². The first-order valence-corrected chi connectivity index (χ1v) is 3.11. The number of hydrogen-bond donors (Lipinski definition) is 3. The summed E-state index contributed by atoms with van der Waals surface area (Å²) in [7, 11) is 1.73. The van der Waals surface area contributed by atoms with Crippen molar-refractivity contribution >= 4 is 5.96 Å². The van der Waals surface area contributed by atoms with Crippen molar-refractivity contribution in [3.63, 3.8) is 0 Å². The van der Waals surface area contributed by atoms with Crippen LogP contribution in [0.25, 0.3) is 0 Å². The molecule has 0 amide bonds. The van der Waals surface area contributed by atoms with Gasteiger partial charge in [0.25, 0.3) is 0 Å². The minimum Gasteiger partial charge on any atom is -0.370 e. The van der Waals surface area contributed by atoms with E-state index in [0.29, 0.717) is 6.54 Å². The number of guanidine groups is 1. The summed E-state index contributed by atoms with van der Waals surface area (Å²) < 4.78 is 0. The molecule has 0 aliphatic rings. The molecular weight excluding hydrogens is 144 g/mol. The minimum atomic E-state index is -0.0596. The van der Waals surface area contributed by atoms with E-state index in [9.17, 15) is 0 Å². The number of hydrogen-bond acceptors (Lipinski definition) is 3. The minimum absolute atomic E-state index is 0.0596. The van der Waals surface area contributed by atoms with Gasteiger partial charge in [0, 0.05) is 7.05 Å². The van der Waals surface area contributed by atoms with E-state index in [-0.39, 0.29) is 5.96 Å². The maximum absolute atomic E-state index is 6.86. The molecule has 0 aliphatic carbocycles. The van der Waals surface area contributed by atoms with Crippen LogP contribution in [0.3, 0.4) is 0 Å². The van der Waals surface area contributed by atoms with Crippen LogP contribution in [0, 0.1) is 5.41 Å². The molecule has 6 heteroatoms. The monoisotopic (exact) mass is 154 g/mol. The van der Waals surface area contributed by atoms with Gasteiger partial charge in [0.15, 0.2) is 5.96 Å². The molecule has 1 heterocycles. The molecule has 0 saturated heterocycles. The zero-order valence-electron chi connectivity index (χ0n) is 6.20. The molecule has 0 bridgehead atoms. The lowest BCUT2D eigenvalue weighted by atomic mass is 10.5. The lowest BCUT2D eigenvalue weighted by Crippen LogP contribution is -2.29. The lowest BCUT2D eigenvalue weighted by molar-refractivity contribution is 0.641. The summed E-state index contributed by atoms with van der Waals surface area (Å²) in [5, 5.41) is 17.3. The Labute approximate surface area is 63.9 Å². The molecular formula is C5H10N6. The fourth-order valence-corrected chi connectivity index (χ4v) is 0.655. The zero-order chi connectivity index (χ0) is 8.27. The van der Waals surface area contributed by atoms with Crippen LogP contribution >= 0.6 is 0 Å². The van der Waals surface area contributed by atoms with Gasteiger partial charge in [0.1, 0.15) is 5.69 Å². The fraction of sp³-hybridized carbons (Fsp3) is 0.400. The van der Waals surface area contributed by atoms with Crippen molar-refractivity contribution in [3.8, 4) is 0 Å². The molecule has 0 radical (unpaired) electrons. The second-order valence-corrected chi connectivity index (χ2v) is 2.09. The van der Waals surface area contributed by atoms with Crippen LogP contribution in [0.1, 0.15) is 5.69 Å². The molecule has 1 rings (SSSR count). The number of aromatic nitrogens is 3. The Kier molecular flexibility index (Phi) is 2.05. The van der Waals surface area contributed by atoms with Crippen molar-refractivity contribution in [2.75, 3.05) is 0 Å². The van der Waals surface area contributed by atoms with Crippen molar-refractivity contribution < 1.29 is 0 Å². The molecule has 60 valence electrons. The number of rotatable bonds is 2. The van der Waals surface area contributed by atoms with E-state index in [4.69, 9.17) is 11.1 Å². The summed E-state index contributed by atoms with van der Waals surface area (Å²) >= 11 is 0. The van der Waals surface area contributed by atoms with Crippen LogP contribution < -0.4 is 11.1 Å². The molecule has 0 fully saturated rings. The van der Waals surface area contributed by atoms with Crippen molar-refractivity contribution in [1.82, 2.24) is 20.3 Å². The Balaban J connectivity index is 2.45. The van der Waals surface area contributed by atoms with Gasteiger partial charge in [-0.1, -0.05) is 0 Å². The van der Waals surface area contributed by atoms with Crippen LogP contribution in [0.5, 0.6) is 0 Å². The van der Waals surface area contributed by atoms with Crippen LogP contribution in [-0.2, 0) is 13.6 Å². The molecule has 4 N–H and O–H groups in total. The molecule has 0 saturated carbocycles. The predicted octanol–water partition coefficient (Wildman–Crippen LogP) is -1.20. The normalized spacial score (nSPS) is 9.55. The summed E-state index contributed by atoms with van der Waals surface area (Å²) in [5.41, 5.74) is 5.83. The molecule has 6 nitrogen and oxygen atoms in total. The molecule has 1 aromatic rings. The van der Waals surface area contributed by atoms with Crippen molar-refractivity contribution in [1.29, 1.82) is 5.41 Å². The third-order valence-electron chi connectivity index (χ3n) is 1.11. The smallest absolute Gasteiger partial charge is 0.186 e. The van der Waals surface area contributed by atoms with Gasteiger partial charge in [0.2, 0.25) is 0 Å². The highest BCUT2D eigenvalue weighted by atomic mass is 15.4. The lowest BCUT2D eigenvalue weighted by Gasteiger charge is -1.97. The molecule has 0 aliphatic heterocycles. The predicted molar refractivity (Wildman–Crippen MR) is 39.8 cm³/mol. The van der Waals surface area contributed by atoms with Gasteiger partial charge < -0.3 is 11.1 Å². The van der Waals surface area contributed by atoms with Crippen molar-refractivity contribution in [3.05, 3.63) is 11.9 Å². The third kappa shape index (κ3) is 2.24. The Morgan fingerprint density at radius 1 is 1.91 bits per heavy atom. The largest absolute Gasteiger partial charge is 0.370 e. The highest BCUT2D eigenvalue weighted by Gasteiger charge is 1.96. The van der Waals surface area contributed by atoms with Crippen molar-refractivity contribution in [2.45, 2.75) is 6.54 Å². The van der Waals surface area contributed by atoms with E-state index in [1.807, 2.05) is 0 Å². The van der Waals surface area contributed by atoms with Gasteiger partial charge in [-0.05, 0) is 0 Å². The van der Waals surface area contributed by atoms with E-state index in [0.717, 1.165) is 5.69 Å². The van der Waals surface area contributed by atoms with E-state index >= 15 is 0 Å². The number of nitrogens with zero attached hydrogens (tertiary/aromatic N) is 3. The molecule has 0 unspecified atom stereocenters. The molecule has 0 aromatic carbocycles. The number of nitrogens with two attached hydrogens (primary N) is 1. The Hall–Kier alpha value is -1.59. The maximum Gasteiger partial charge on any atom is 0.186 e. The van der Waals surface area contributed by atoms with Crippen LogP contribution in [0.2, 0.25) is 0 Å². The summed E-state index contributed by atoms with van der Waals surface area (Å²) in [6.45, 7) is 0.448. The molecule has 1 aromatic heterocycles. The summed E-state index contributed by atoms with van der Waals surface area (Å²) in [4.78, 5) is 1.46. The first-order chi connectivity index (χ1) is 5.18. The number of aryl methyl sites for hydroxylation is 1. The summed E-state index contributed by atoms with van der Waals surface area (Å²) in [5.74, 6) is -0.0596. The third-order valence-corrected chi connectivity index (χ3v) is 1.11. The second kappa shape index (κ2) is 3.00. The standard InChI is InChI=1S/C5H10N6/c1-11-9-3-4(10-11)2-8-5(6)7/h3H,2H2,1H3,(H4,6,7,8). The second-order valence-electron chi connectivity index (χ2n) is 2.09. The fourth-order valence-electron chi connectivity index (χ4n) is 0.655. The Morgan fingerprint density at radius 3 is 3.09 bits per heavy atom. The highest BCUT2D eigenvalue weighted by Crippen LogP contribution is 1.87. The highest BCUT2D eigenvalue weighted by molar-refractivity contribution is 5.74. The van der Waals surface area contributed by atoms with E-state index < -0.39 is 0 Å². The van der Waals surface area contributed by atoms with Crippen LogP contribution in [0.15, 0.2) is 6.20 Å². The average Bonchev–Trinajstić information content (AvgIpc) is 2.31.